The number of likely N-dealkylation sites (N-methyl/N-ethyl adjacent to an activating group) is 1. The fourth-order valence-corrected chi connectivity index (χ4v) is 7.67. The molecule has 4 aliphatic rings. The topological polar surface area (TPSA) is 91.8 Å². The van der Waals surface area contributed by atoms with Gasteiger partial charge in [-0.05, 0) is 56.8 Å². The van der Waals surface area contributed by atoms with E-state index >= 15 is 0 Å². The number of nitriles is 1. The van der Waals surface area contributed by atoms with Gasteiger partial charge in [-0.1, -0.05) is 30.3 Å². The van der Waals surface area contributed by atoms with Crippen molar-refractivity contribution in [2.45, 2.75) is 64.2 Å². The molecule has 3 saturated heterocycles. The molecule has 5 heterocycles. The van der Waals surface area contributed by atoms with E-state index in [1.807, 2.05) is 4.90 Å². The Hall–Kier alpha value is -3.94. The third-order valence-corrected chi connectivity index (χ3v) is 10.3. The monoisotopic (exact) mass is 608 g/mol. The first-order valence-corrected chi connectivity index (χ1v) is 16.5. The van der Waals surface area contributed by atoms with Gasteiger partial charge in [0.05, 0.1) is 30.8 Å². The highest BCUT2D eigenvalue weighted by Gasteiger charge is 2.40. The van der Waals surface area contributed by atoms with Crippen molar-refractivity contribution in [2.75, 3.05) is 69.3 Å². The molecule has 2 aromatic carbocycles. The van der Waals surface area contributed by atoms with Crippen molar-refractivity contribution >= 4 is 28.2 Å². The number of likely N-dealkylation sites (tertiary alicyclic amines) is 1. The van der Waals surface area contributed by atoms with Crippen molar-refractivity contribution in [1.29, 1.82) is 5.26 Å². The minimum atomic E-state index is 0.0824. The van der Waals surface area contributed by atoms with Crippen LogP contribution in [0.1, 0.15) is 43.0 Å². The molecule has 236 valence electrons. The van der Waals surface area contributed by atoms with Crippen molar-refractivity contribution in [3.63, 3.8) is 0 Å². The van der Waals surface area contributed by atoms with Crippen molar-refractivity contribution in [2.24, 2.45) is 0 Å². The zero-order valence-electron chi connectivity index (χ0n) is 26.8. The maximum absolute atomic E-state index is 11.8. The molecule has 45 heavy (non-hydrogen) atoms. The van der Waals surface area contributed by atoms with E-state index in [1.165, 1.54) is 34.0 Å². The van der Waals surface area contributed by atoms with Crippen LogP contribution in [-0.2, 0) is 17.8 Å². The molecular weight excluding hydrogens is 564 g/mol. The van der Waals surface area contributed by atoms with Crippen LogP contribution in [0, 0.1) is 18.3 Å². The first kappa shape index (κ1) is 29.8. The van der Waals surface area contributed by atoms with Crippen LogP contribution in [0.4, 0.5) is 11.5 Å². The Morgan fingerprint density at radius 2 is 1.87 bits per heavy atom. The van der Waals surface area contributed by atoms with Crippen LogP contribution in [0.3, 0.4) is 0 Å². The Morgan fingerprint density at radius 1 is 1.02 bits per heavy atom. The summed E-state index contributed by atoms with van der Waals surface area (Å²) in [5, 5.41) is 12.3. The van der Waals surface area contributed by atoms with Gasteiger partial charge in [0.1, 0.15) is 12.4 Å². The minimum Gasteiger partial charge on any atom is -0.462 e. The van der Waals surface area contributed by atoms with Crippen molar-refractivity contribution in [3.8, 4) is 12.1 Å². The number of aryl methyl sites for hydroxylation is 1. The first-order valence-electron chi connectivity index (χ1n) is 16.5. The molecular formula is C35H44N8O2. The maximum Gasteiger partial charge on any atom is 0.318 e. The highest BCUT2D eigenvalue weighted by atomic mass is 16.5. The zero-order valence-corrected chi connectivity index (χ0v) is 26.8. The number of hydrogen-bond donors (Lipinski definition) is 0. The van der Waals surface area contributed by atoms with Crippen LogP contribution in [0.25, 0.3) is 10.8 Å². The molecule has 0 saturated carbocycles. The van der Waals surface area contributed by atoms with E-state index in [9.17, 15) is 10.1 Å². The average molecular weight is 609 g/mol. The second kappa shape index (κ2) is 12.5. The second-order valence-corrected chi connectivity index (χ2v) is 13.2. The lowest BCUT2D eigenvalue weighted by molar-refractivity contribution is -0.124. The van der Waals surface area contributed by atoms with Gasteiger partial charge in [0.2, 0.25) is 5.91 Å². The molecule has 0 aliphatic carbocycles. The number of aromatic nitrogens is 2. The van der Waals surface area contributed by atoms with Gasteiger partial charge in [-0.2, -0.15) is 15.2 Å². The Labute approximate surface area is 266 Å². The van der Waals surface area contributed by atoms with Crippen molar-refractivity contribution in [3.05, 3.63) is 53.2 Å². The lowest BCUT2D eigenvalue weighted by Crippen LogP contribution is -2.55. The van der Waals surface area contributed by atoms with Crippen LogP contribution in [0.5, 0.6) is 6.01 Å². The Bertz CT molecular complexity index is 1620. The van der Waals surface area contributed by atoms with Crippen LogP contribution in [-0.4, -0.2) is 108 Å². The van der Waals surface area contributed by atoms with E-state index in [2.05, 4.69) is 76.0 Å². The minimum absolute atomic E-state index is 0.0824. The van der Waals surface area contributed by atoms with E-state index in [0.29, 0.717) is 31.6 Å². The third kappa shape index (κ3) is 6.03. The molecule has 0 radical (unpaired) electrons. The molecule has 3 fully saturated rings. The SMILES string of the molecule is CC(=O)N1C[C@H]1CN1CCN(c2nc(OC[C@@H]3CCCN3C)nc3c2CCN(c2cccc4cccc(C)c24)C3)C[C@@H]1CC#N. The first-order chi connectivity index (χ1) is 21.9. The molecule has 0 bridgehead atoms. The molecule has 0 spiro atoms. The Balaban J connectivity index is 1.17. The van der Waals surface area contributed by atoms with E-state index in [4.69, 9.17) is 14.7 Å². The van der Waals surface area contributed by atoms with Crippen molar-refractivity contribution < 1.29 is 9.53 Å². The number of anilines is 2. The normalized spacial score (nSPS) is 23.7. The summed E-state index contributed by atoms with van der Waals surface area (Å²) >= 11 is 0. The summed E-state index contributed by atoms with van der Waals surface area (Å²) < 4.78 is 6.37. The number of ether oxygens (including phenoxy) is 1. The molecule has 1 aromatic heterocycles. The zero-order chi connectivity index (χ0) is 31.1. The predicted molar refractivity (Wildman–Crippen MR) is 176 cm³/mol. The lowest BCUT2D eigenvalue weighted by atomic mass is 9.99. The fourth-order valence-electron chi connectivity index (χ4n) is 7.67. The van der Waals surface area contributed by atoms with Gasteiger partial charge >= 0.3 is 6.01 Å². The summed E-state index contributed by atoms with van der Waals surface area (Å²) in [6.45, 7) is 11.1. The lowest BCUT2D eigenvalue weighted by Gasteiger charge is -2.42. The molecule has 0 N–H and O–H groups in total. The molecule has 7 rings (SSSR count). The van der Waals surface area contributed by atoms with Gasteiger partial charge in [0.25, 0.3) is 0 Å². The highest BCUT2D eigenvalue weighted by Crippen LogP contribution is 2.36. The number of rotatable bonds is 8. The van der Waals surface area contributed by atoms with Gasteiger partial charge in [-0.15, -0.1) is 0 Å². The highest BCUT2D eigenvalue weighted by molar-refractivity contribution is 5.97. The van der Waals surface area contributed by atoms with E-state index < -0.39 is 0 Å². The Kier molecular flexibility index (Phi) is 8.23. The number of amides is 1. The molecule has 3 aromatic rings. The largest absolute Gasteiger partial charge is 0.462 e. The number of carbonyl (C=O) groups is 1. The number of benzene rings is 2. The van der Waals surface area contributed by atoms with E-state index in [1.54, 1.807) is 6.92 Å². The number of fused-ring (bicyclic) bond motifs is 2. The van der Waals surface area contributed by atoms with Crippen LogP contribution >= 0.6 is 0 Å². The maximum atomic E-state index is 11.8. The summed E-state index contributed by atoms with van der Waals surface area (Å²) in [7, 11) is 2.16. The molecule has 3 atom stereocenters. The van der Waals surface area contributed by atoms with Crippen LogP contribution < -0.4 is 14.5 Å². The predicted octanol–water partition coefficient (Wildman–Crippen LogP) is 3.61. The summed E-state index contributed by atoms with van der Waals surface area (Å²) in [5.41, 5.74) is 4.75. The summed E-state index contributed by atoms with van der Waals surface area (Å²) in [4.78, 5) is 33.5. The fraction of sp³-hybridized carbons (Fsp3) is 0.543. The van der Waals surface area contributed by atoms with E-state index in [0.717, 1.165) is 70.2 Å². The number of hydrogen-bond acceptors (Lipinski definition) is 9. The quantitative estimate of drug-likeness (QED) is 0.356. The summed E-state index contributed by atoms with van der Waals surface area (Å²) in [5.74, 6) is 1.09. The standard InChI is InChI=1S/C35H44N8O2/c1-24-7-4-8-26-9-5-11-32(33(24)26)41-16-13-30-31(22-41)37-35(45-23-28-10-6-15-39(28)3)38-34(30)42-18-17-40(27(19-42)12-14-36)20-29-21-43(29)25(2)44/h4-5,7-9,11,27-29H,6,10,12-13,15-23H2,1-3H3/t27-,28-,29+,43?/m0/s1. The summed E-state index contributed by atoms with van der Waals surface area (Å²) in [6.07, 6.45) is 3.61. The molecule has 1 amide bonds. The molecule has 0 unspecified atom stereocenters. The molecule has 10 nitrogen and oxygen atoms in total. The van der Waals surface area contributed by atoms with Gasteiger partial charge < -0.3 is 24.3 Å². The second-order valence-electron chi connectivity index (χ2n) is 13.2. The number of piperazine rings is 1. The third-order valence-electron chi connectivity index (χ3n) is 10.3. The van der Waals surface area contributed by atoms with Crippen LogP contribution in [0.2, 0.25) is 0 Å². The van der Waals surface area contributed by atoms with Gasteiger partial charge in [-0.25, -0.2) is 0 Å². The van der Waals surface area contributed by atoms with E-state index in [-0.39, 0.29) is 18.0 Å². The van der Waals surface area contributed by atoms with Crippen LogP contribution in [0.15, 0.2) is 36.4 Å². The van der Waals surface area contributed by atoms with Gasteiger partial charge in [0, 0.05) is 74.9 Å². The Morgan fingerprint density at radius 3 is 2.62 bits per heavy atom. The molecule has 4 aliphatic heterocycles. The summed E-state index contributed by atoms with van der Waals surface area (Å²) in [6, 6.07) is 16.7. The van der Waals surface area contributed by atoms with Gasteiger partial charge in [-0.3, -0.25) is 9.69 Å². The van der Waals surface area contributed by atoms with Gasteiger partial charge in [0.15, 0.2) is 0 Å². The number of nitrogens with zero attached hydrogens (tertiary/aromatic N) is 8. The van der Waals surface area contributed by atoms with Crippen molar-refractivity contribution in [1.82, 2.24) is 24.7 Å². The molecule has 10 heteroatoms. The number of carbonyl (C=O) groups excluding carboxylic acids is 1. The smallest absolute Gasteiger partial charge is 0.318 e. The average Bonchev–Trinajstić information content (AvgIpc) is 3.70.